The van der Waals surface area contributed by atoms with Crippen LogP contribution in [0.15, 0.2) is 30.3 Å². The van der Waals surface area contributed by atoms with Gasteiger partial charge in [0.15, 0.2) is 0 Å². The molecule has 0 aliphatic heterocycles. The minimum atomic E-state index is -0.287. The Hall–Kier alpha value is -1.97. The fourth-order valence-corrected chi connectivity index (χ4v) is 1.81. The van der Waals surface area contributed by atoms with Crippen molar-refractivity contribution in [1.29, 1.82) is 0 Å². The van der Waals surface area contributed by atoms with E-state index < -0.39 is 0 Å². The van der Waals surface area contributed by atoms with Gasteiger partial charge in [0.1, 0.15) is 0 Å². The molecule has 2 rings (SSSR count). The highest BCUT2D eigenvalue weighted by atomic mass is 16.6. The van der Waals surface area contributed by atoms with Crippen LogP contribution in [0, 0.1) is 17.0 Å². The van der Waals surface area contributed by atoms with Crippen LogP contribution in [0.25, 0.3) is 10.9 Å². The van der Waals surface area contributed by atoms with Crippen LogP contribution in [0.2, 0.25) is 0 Å². The smallest absolute Gasteiger partial charge is 0.207 e. The zero-order valence-corrected chi connectivity index (χ0v) is 9.01. The largest absolute Gasteiger partial charge is 0.265 e. The second-order valence-corrected chi connectivity index (χ2v) is 3.75. The monoisotopic (exact) mass is 216 g/mol. The summed E-state index contributed by atoms with van der Waals surface area (Å²) in [7, 11) is 0. The minimum Gasteiger partial charge on any atom is -0.265 e. The lowest BCUT2D eigenvalue weighted by atomic mass is 10.1. The Morgan fingerprint density at radius 3 is 2.88 bits per heavy atom. The molecule has 4 nitrogen and oxygen atoms in total. The molecule has 0 unspecified atom stereocenters. The van der Waals surface area contributed by atoms with Crippen molar-refractivity contribution in [2.24, 2.45) is 0 Å². The predicted molar refractivity (Wildman–Crippen MR) is 62.0 cm³/mol. The molecule has 0 spiro atoms. The maximum atomic E-state index is 10.4. The molecule has 4 heteroatoms. The van der Waals surface area contributed by atoms with E-state index in [4.69, 9.17) is 0 Å². The summed E-state index contributed by atoms with van der Waals surface area (Å²) in [5.74, 6) is 0. The number of para-hydroxylation sites is 1. The van der Waals surface area contributed by atoms with Crippen LogP contribution in [-0.2, 0) is 6.42 Å². The van der Waals surface area contributed by atoms with Crippen LogP contribution in [0.1, 0.15) is 11.3 Å². The second-order valence-electron chi connectivity index (χ2n) is 3.75. The molecule has 1 aromatic heterocycles. The fraction of sp³-hybridized carbons (Fsp3) is 0.250. The molecule has 0 aliphatic rings. The molecule has 0 N–H and O–H groups in total. The molecular formula is C12H12N2O2. The number of rotatable bonds is 3. The summed E-state index contributed by atoms with van der Waals surface area (Å²) in [5.41, 5.74) is 2.80. The zero-order chi connectivity index (χ0) is 11.5. The molecule has 0 atom stereocenters. The van der Waals surface area contributed by atoms with Gasteiger partial charge in [-0.3, -0.25) is 15.1 Å². The highest BCUT2D eigenvalue weighted by Crippen LogP contribution is 2.18. The first-order chi connectivity index (χ1) is 7.66. The number of nitro groups is 1. The summed E-state index contributed by atoms with van der Waals surface area (Å²) in [6.07, 6.45) is 0.455. The molecule has 0 saturated carbocycles. The summed E-state index contributed by atoms with van der Waals surface area (Å²) in [6, 6.07) is 9.65. The summed E-state index contributed by atoms with van der Waals surface area (Å²) >= 11 is 0. The van der Waals surface area contributed by atoms with Gasteiger partial charge in [-0.2, -0.15) is 0 Å². The number of fused-ring (bicyclic) bond motifs is 1. The van der Waals surface area contributed by atoms with Crippen LogP contribution in [0.3, 0.4) is 0 Å². The van der Waals surface area contributed by atoms with E-state index in [1.807, 2.05) is 37.3 Å². The van der Waals surface area contributed by atoms with E-state index in [9.17, 15) is 10.1 Å². The quantitative estimate of drug-likeness (QED) is 0.584. The Kier molecular flexibility index (Phi) is 2.81. The van der Waals surface area contributed by atoms with Gasteiger partial charge in [0.05, 0.1) is 5.52 Å². The number of aryl methyl sites for hydroxylation is 1. The summed E-state index contributed by atoms with van der Waals surface area (Å²) < 4.78 is 0. The van der Waals surface area contributed by atoms with Crippen LogP contribution in [-0.4, -0.2) is 16.5 Å². The van der Waals surface area contributed by atoms with Crippen molar-refractivity contribution in [3.05, 3.63) is 51.7 Å². The molecule has 0 bridgehead atoms. The lowest BCUT2D eigenvalue weighted by Crippen LogP contribution is -2.05. The summed E-state index contributed by atoms with van der Waals surface area (Å²) in [6.45, 7) is 1.87. The van der Waals surface area contributed by atoms with E-state index in [2.05, 4.69) is 4.98 Å². The molecule has 0 radical (unpaired) electrons. The molecule has 0 aliphatic carbocycles. The van der Waals surface area contributed by atoms with Gasteiger partial charge in [-0.25, -0.2) is 0 Å². The first-order valence-electron chi connectivity index (χ1n) is 5.14. The van der Waals surface area contributed by atoms with E-state index in [-0.39, 0.29) is 11.5 Å². The molecule has 0 saturated heterocycles. The van der Waals surface area contributed by atoms with Gasteiger partial charge >= 0.3 is 0 Å². The van der Waals surface area contributed by atoms with E-state index in [1.165, 1.54) is 0 Å². The van der Waals surface area contributed by atoms with Crippen molar-refractivity contribution in [1.82, 2.24) is 4.98 Å². The number of benzene rings is 1. The van der Waals surface area contributed by atoms with Gasteiger partial charge in [0.2, 0.25) is 6.54 Å². The van der Waals surface area contributed by atoms with E-state index in [0.717, 1.165) is 22.2 Å². The number of aromatic nitrogens is 1. The predicted octanol–water partition coefficient (Wildman–Crippen LogP) is 2.36. The SMILES string of the molecule is Cc1cc(CC[N+](=O)[O-])c2ccccc2n1. The van der Waals surface area contributed by atoms with Gasteiger partial charge < -0.3 is 0 Å². The van der Waals surface area contributed by atoms with Gasteiger partial charge in [0, 0.05) is 22.4 Å². The van der Waals surface area contributed by atoms with Crippen molar-refractivity contribution in [2.75, 3.05) is 6.54 Å². The number of hydrogen-bond donors (Lipinski definition) is 0. The Labute approximate surface area is 93.1 Å². The van der Waals surface area contributed by atoms with Gasteiger partial charge in [-0.15, -0.1) is 0 Å². The van der Waals surface area contributed by atoms with Gasteiger partial charge in [-0.1, -0.05) is 18.2 Å². The van der Waals surface area contributed by atoms with Crippen LogP contribution >= 0.6 is 0 Å². The minimum absolute atomic E-state index is 0.0343. The lowest BCUT2D eigenvalue weighted by Gasteiger charge is -2.05. The standard InChI is InChI=1S/C12H12N2O2/c1-9-8-10(6-7-14(15)16)11-4-2-3-5-12(11)13-9/h2-5,8H,6-7H2,1H3. The third-order valence-corrected chi connectivity index (χ3v) is 2.49. The Morgan fingerprint density at radius 2 is 2.12 bits per heavy atom. The van der Waals surface area contributed by atoms with Crippen LogP contribution in [0.4, 0.5) is 0 Å². The molecule has 16 heavy (non-hydrogen) atoms. The van der Waals surface area contributed by atoms with Crippen molar-refractivity contribution >= 4 is 10.9 Å². The maximum absolute atomic E-state index is 10.4. The average molecular weight is 216 g/mol. The number of nitrogens with zero attached hydrogens (tertiary/aromatic N) is 2. The normalized spacial score (nSPS) is 10.6. The first-order valence-corrected chi connectivity index (χ1v) is 5.14. The fourth-order valence-electron chi connectivity index (χ4n) is 1.81. The number of pyridine rings is 1. The van der Waals surface area contributed by atoms with Gasteiger partial charge in [-0.05, 0) is 24.6 Å². The maximum Gasteiger partial charge on any atom is 0.207 e. The van der Waals surface area contributed by atoms with Crippen molar-refractivity contribution in [2.45, 2.75) is 13.3 Å². The first kappa shape index (κ1) is 10.5. The van der Waals surface area contributed by atoms with Crippen molar-refractivity contribution in [3.8, 4) is 0 Å². The second kappa shape index (κ2) is 4.26. The molecular weight excluding hydrogens is 204 g/mol. The zero-order valence-electron chi connectivity index (χ0n) is 9.01. The summed E-state index contributed by atoms with van der Waals surface area (Å²) in [5, 5.41) is 11.4. The van der Waals surface area contributed by atoms with E-state index in [0.29, 0.717) is 6.42 Å². The van der Waals surface area contributed by atoms with Crippen LogP contribution in [0.5, 0.6) is 0 Å². The topological polar surface area (TPSA) is 56.0 Å². The Balaban J connectivity index is 2.46. The van der Waals surface area contributed by atoms with E-state index in [1.54, 1.807) is 0 Å². The highest BCUT2D eigenvalue weighted by molar-refractivity contribution is 5.82. The molecule has 0 fully saturated rings. The third kappa shape index (κ3) is 2.16. The average Bonchev–Trinajstić information content (AvgIpc) is 2.25. The Morgan fingerprint density at radius 1 is 1.38 bits per heavy atom. The highest BCUT2D eigenvalue weighted by Gasteiger charge is 2.06. The van der Waals surface area contributed by atoms with Crippen molar-refractivity contribution in [3.63, 3.8) is 0 Å². The van der Waals surface area contributed by atoms with E-state index >= 15 is 0 Å². The molecule has 1 heterocycles. The number of hydrogen-bond acceptors (Lipinski definition) is 3. The Bertz CT molecular complexity index is 538. The lowest BCUT2D eigenvalue weighted by molar-refractivity contribution is -0.479. The molecule has 2 aromatic rings. The third-order valence-electron chi connectivity index (χ3n) is 2.49. The summed E-state index contributed by atoms with van der Waals surface area (Å²) in [4.78, 5) is 14.5. The van der Waals surface area contributed by atoms with Crippen LogP contribution < -0.4 is 0 Å². The van der Waals surface area contributed by atoms with Gasteiger partial charge in [0.25, 0.3) is 0 Å². The molecule has 82 valence electrons. The molecule has 0 amide bonds. The van der Waals surface area contributed by atoms with Crippen molar-refractivity contribution < 1.29 is 4.92 Å². The molecule has 1 aromatic carbocycles.